The largest absolute Gasteiger partial charge is 0.298 e. The zero-order valence-corrected chi connectivity index (χ0v) is 9.86. The number of thioether (sulfide) groups is 1. The van der Waals surface area contributed by atoms with Crippen LogP contribution in [0.25, 0.3) is 0 Å². The van der Waals surface area contributed by atoms with Gasteiger partial charge in [0.1, 0.15) is 0 Å². The van der Waals surface area contributed by atoms with E-state index >= 15 is 0 Å². The van der Waals surface area contributed by atoms with Gasteiger partial charge in [0.2, 0.25) is 0 Å². The van der Waals surface area contributed by atoms with Gasteiger partial charge in [-0.1, -0.05) is 28.1 Å². The first-order chi connectivity index (χ1) is 6.25. The molecule has 1 aromatic rings. The summed E-state index contributed by atoms with van der Waals surface area (Å²) in [5.74, 6) is 1.21. The molecular weight excluding hydrogens is 246 g/mol. The van der Waals surface area contributed by atoms with Gasteiger partial charge < -0.3 is 0 Å². The highest BCUT2D eigenvalue weighted by molar-refractivity contribution is 9.10. The topological polar surface area (TPSA) is 12.0 Å². The zero-order valence-electron chi connectivity index (χ0n) is 7.46. The second-order valence-corrected chi connectivity index (χ2v) is 5.39. The van der Waals surface area contributed by atoms with Crippen LogP contribution in [0.3, 0.4) is 0 Å². The molecule has 3 heteroatoms. The molecule has 0 aromatic heterocycles. The average Bonchev–Trinajstić information content (AvgIpc) is 2.53. The SMILES string of the molecule is CC1CSC(c2ccc(Br)cc2)N1. The van der Waals surface area contributed by atoms with Crippen LogP contribution in [0.1, 0.15) is 17.9 Å². The van der Waals surface area contributed by atoms with Gasteiger partial charge in [-0.15, -0.1) is 11.8 Å². The number of hydrogen-bond donors (Lipinski definition) is 1. The first kappa shape index (κ1) is 9.56. The molecule has 70 valence electrons. The number of hydrogen-bond acceptors (Lipinski definition) is 2. The third-order valence-corrected chi connectivity index (χ3v) is 4.08. The Hall–Kier alpha value is 0.01000. The minimum absolute atomic E-state index is 0.489. The molecule has 0 radical (unpaired) electrons. The van der Waals surface area contributed by atoms with Crippen LogP contribution in [0, 0.1) is 0 Å². The van der Waals surface area contributed by atoms with Crippen LogP contribution in [0.15, 0.2) is 28.7 Å². The third-order valence-electron chi connectivity index (χ3n) is 2.12. The fourth-order valence-electron chi connectivity index (χ4n) is 1.43. The summed E-state index contributed by atoms with van der Waals surface area (Å²) in [7, 11) is 0. The van der Waals surface area contributed by atoms with Gasteiger partial charge in [-0.2, -0.15) is 0 Å². The van der Waals surface area contributed by atoms with Gasteiger partial charge >= 0.3 is 0 Å². The van der Waals surface area contributed by atoms with Crippen molar-refractivity contribution in [3.8, 4) is 0 Å². The van der Waals surface area contributed by atoms with E-state index in [2.05, 4.69) is 52.4 Å². The van der Waals surface area contributed by atoms with E-state index in [1.807, 2.05) is 11.8 Å². The minimum atomic E-state index is 0.489. The Kier molecular flexibility index (Phi) is 2.96. The van der Waals surface area contributed by atoms with E-state index < -0.39 is 0 Å². The van der Waals surface area contributed by atoms with Crippen LogP contribution >= 0.6 is 27.7 Å². The van der Waals surface area contributed by atoms with Crippen LogP contribution in [0.5, 0.6) is 0 Å². The van der Waals surface area contributed by atoms with Crippen LogP contribution in [-0.2, 0) is 0 Å². The van der Waals surface area contributed by atoms with E-state index in [0.717, 1.165) is 4.47 Å². The molecule has 2 rings (SSSR count). The summed E-state index contributed by atoms with van der Waals surface area (Å²) >= 11 is 5.42. The van der Waals surface area contributed by atoms with E-state index in [1.54, 1.807) is 0 Å². The quantitative estimate of drug-likeness (QED) is 0.830. The Bertz CT molecular complexity index is 285. The molecule has 1 heterocycles. The van der Waals surface area contributed by atoms with Crippen molar-refractivity contribution in [2.45, 2.75) is 18.3 Å². The summed E-state index contributed by atoms with van der Waals surface area (Å²) in [5, 5.41) is 4.03. The summed E-state index contributed by atoms with van der Waals surface area (Å²) < 4.78 is 1.15. The van der Waals surface area contributed by atoms with E-state index in [9.17, 15) is 0 Å². The van der Waals surface area contributed by atoms with Gasteiger partial charge in [0.25, 0.3) is 0 Å². The van der Waals surface area contributed by atoms with Crippen LogP contribution in [-0.4, -0.2) is 11.8 Å². The van der Waals surface area contributed by atoms with Gasteiger partial charge in [0.15, 0.2) is 0 Å². The molecule has 0 saturated carbocycles. The standard InChI is InChI=1S/C10H12BrNS/c1-7-6-13-10(12-7)8-2-4-9(11)5-3-8/h2-5,7,10,12H,6H2,1H3. The first-order valence-corrected chi connectivity index (χ1v) is 6.23. The van der Waals surface area contributed by atoms with E-state index in [1.165, 1.54) is 11.3 Å². The van der Waals surface area contributed by atoms with Crippen molar-refractivity contribution in [3.05, 3.63) is 34.3 Å². The monoisotopic (exact) mass is 257 g/mol. The van der Waals surface area contributed by atoms with Crippen LogP contribution < -0.4 is 5.32 Å². The molecule has 1 aromatic carbocycles. The highest BCUT2D eigenvalue weighted by Crippen LogP contribution is 2.32. The van der Waals surface area contributed by atoms with Crippen molar-refractivity contribution in [2.75, 3.05) is 5.75 Å². The summed E-state index contributed by atoms with van der Waals surface area (Å²) in [4.78, 5) is 0. The molecule has 1 saturated heterocycles. The molecule has 2 atom stereocenters. The molecule has 0 amide bonds. The summed E-state index contributed by atoms with van der Waals surface area (Å²) in [6.07, 6.45) is 0. The minimum Gasteiger partial charge on any atom is -0.298 e. The van der Waals surface area contributed by atoms with Gasteiger partial charge in [-0.05, 0) is 24.6 Å². The maximum absolute atomic E-state index is 3.54. The maximum atomic E-state index is 3.54. The molecule has 2 unspecified atom stereocenters. The zero-order chi connectivity index (χ0) is 9.26. The number of benzene rings is 1. The number of rotatable bonds is 1. The van der Waals surface area contributed by atoms with E-state index in [0.29, 0.717) is 11.4 Å². The molecule has 1 nitrogen and oxygen atoms in total. The predicted octanol–water partition coefficient (Wildman–Crippen LogP) is 3.17. The Labute approximate surface area is 91.4 Å². The summed E-state index contributed by atoms with van der Waals surface area (Å²) in [6.45, 7) is 2.23. The highest BCUT2D eigenvalue weighted by atomic mass is 79.9. The van der Waals surface area contributed by atoms with E-state index in [4.69, 9.17) is 0 Å². The predicted molar refractivity (Wildman–Crippen MR) is 61.9 cm³/mol. The fraction of sp³-hybridized carbons (Fsp3) is 0.400. The van der Waals surface area contributed by atoms with Gasteiger partial charge in [-0.25, -0.2) is 0 Å². The van der Waals surface area contributed by atoms with Gasteiger partial charge in [-0.3, -0.25) is 5.32 Å². The van der Waals surface area contributed by atoms with Crippen molar-refractivity contribution in [1.82, 2.24) is 5.32 Å². The first-order valence-electron chi connectivity index (χ1n) is 4.39. The van der Waals surface area contributed by atoms with Crippen molar-refractivity contribution in [1.29, 1.82) is 0 Å². The van der Waals surface area contributed by atoms with Crippen molar-refractivity contribution >= 4 is 27.7 Å². The van der Waals surface area contributed by atoms with Gasteiger partial charge in [0.05, 0.1) is 5.37 Å². The average molecular weight is 258 g/mol. The highest BCUT2D eigenvalue weighted by Gasteiger charge is 2.21. The smallest absolute Gasteiger partial charge is 0.0792 e. The molecular formula is C10H12BrNS. The molecule has 1 N–H and O–H groups in total. The number of nitrogens with one attached hydrogen (secondary N) is 1. The van der Waals surface area contributed by atoms with Crippen LogP contribution in [0.2, 0.25) is 0 Å². The Morgan fingerprint density at radius 3 is 2.62 bits per heavy atom. The lowest BCUT2D eigenvalue weighted by atomic mass is 10.2. The van der Waals surface area contributed by atoms with Crippen molar-refractivity contribution < 1.29 is 0 Å². The number of halogens is 1. The summed E-state index contributed by atoms with van der Waals surface area (Å²) in [5.41, 5.74) is 1.37. The van der Waals surface area contributed by atoms with Crippen LogP contribution in [0.4, 0.5) is 0 Å². The molecule has 0 bridgehead atoms. The molecule has 1 aliphatic heterocycles. The van der Waals surface area contributed by atoms with Crippen molar-refractivity contribution in [2.24, 2.45) is 0 Å². The van der Waals surface area contributed by atoms with Gasteiger partial charge in [0, 0.05) is 16.3 Å². The van der Waals surface area contributed by atoms with E-state index in [-0.39, 0.29) is 0 Å². The fourth-order valence-corrected chi connectivity index (χ4v) is 2.95. The lowest BCUT2D eigenvalue weighted by Crippen LogP contribution is -2.21. The second-order valence-electron chi connectivity index (χ2n) is 3.33. The Balaban J connectivity index is 2.13. The second kappa shape index (κ2) is 4.03. The molecule has 1 fully saturated rings. The lowest BCUT2D eigenvalue weighted by Gasteiger charge is -2.10. The molecule has 1 aliphatic rings. The Morgan fingerprint density at radius 2 is 2.08 bits per heavy atom. The van der Waals surface area contributed by atoms with Crippen molar-refractivity contribution in [3.63, 3.8) is 0 Å². The summed E-state index contributed by atoms with van der Waals surface area (Å²) in [6, 6.07) is 9.18. The molecule has 0 spiro atoms. The Morgan fingerprint density at radius 1 is 1.38 bits per heavy atom. The lowest BCUT2D eigenvalue weighted by molar-refractivity contribution is 0.618. The molecule has 13 heavy (non-hydrogen) atoms. The maximum Gasteiger partial charge on any atom is 0.0792 e. The third kappa shape index (κ3) is 2.27. The normalized spacial score (nSPS) is 27.8. The molecule has 0 aliphatic carbocycles.